The molecule has 0 saturated heterocycles. The third kappa shape index (κ3) is 9.33. The number of rotatable bonds is 11. The van der Waals surface area contributed by atoms with Crippen LogP contribution in [0.1, 0.15) is 18.1 Å². The zero-order valence-corrected chi connectivity index (χ0v) is 21.7. The summed E-state index contributed by atoms with van der Waals surface area (Å²) in [7, 11) is 5.23. The fraction of sp³-hybridized carbons (Fsp3) is 0.417. The van der Waals surface area contributed by atoms with E-state index in [0.29, 0.717) is 18.3 Å². The van der Waals surface area contributed by atoms with Gasteiger partial charge < -0.3 is 25.0 Å². The van der Waals surface area contributed by atoms with Crippen LogP contribution in [0.5, 0.6) is 11.5 Å². The summed E-state index contributed by atoms with van der Waals surface area (Å²) in [6.45, 7) is 4.19. The van der Waals surface area contributed by atoms with Crippen LogP contribution in [-0.4, -0.2) is 64.2 Å². The molecule has 2 aromatic carbocycles. The second-order valence-electron chi connectivity index (χ2n) is 7.12. The van der Waals surface area contributed by atoms with Crippen LogP contribution >= 0.6 is 24.0 Å². The van der Waals surface area contributed by atoms with Gasteiger partial charge in [0, 0.05) is 26.7 Å². The Morgan fingerprint density at radius 3 is 2.34 bits per heavy atom. The smallest absolute Gasteiger partial charge is 0.241 e. The third-order valence-electron chi connectivity index (χ3n) is 4.83. The molecule has 0 aliphatic rings. The number of nitrogens with zero attached hydrogens (tertiary/aromatic N) is 2. The number of hydrogen-bond donors (Lipinski definition) is 2. The van der Waals surface area contributed by atoms with E-state index < -0.39 is 0 Å². The third-order valence-corrected chi connectivity index (χ3v) is 4.83. The Bertz CT molecular complexity index is 846. The van der Waals surface area contributed by atoms with E-state index in [1.54, 1.807) is 14.2 Å². The maximum atomic E-state index is 12.2. The fourth-order valence-corrected chi connectivity index (χ4v) is 3.10. The highest BCUT2D eigenvalue weighted by molar-refractivity contribution is 14.0. The van der Waals surface area contributed by atoms with Crippen molar-refractivity contribution in [2.24, 2.45) is 4.99 Å². The monoisotopic (exact) mass is 554 g/mol. The van der Waals surface area contributed by atoms with Crippen LogP contribution in [0.4, 0.5) is 0 Å². The van der Waals surface area contributed by atoms with Gasteiger partial charge in [-0.2, -0.15) is 0 Å². The van der Waals surface area contributed by atoms with Gasteiger partial charge in [-0.05, 0) is 43.0 Å². The number of benzene rings is 2. The molecule has 0 aliphatic heterocycles. The summed E-state index contributed by atoms with van der Waals surface area (Å²) in [6.07, 6.45) is 1.62. The lowest BCUT2D eigenvalue weighted by molar-refractivity contribution is -0.119. The Morgan fingerprint density at radius 1 is 0.969 bits per heavy atom. The van der Waals surface area contributed by atoms with Gasteiger partial charge in [-0.25, -0.2) is 4.99 Å². The molecule has 0 radical (unpaired) electrons. The maximum Gasteiger partial charge on any atom is 0.241 e. The van der Waals surface area contributed by atoms with E-state index in [-0.39, 0.29) is 36.4 Å². The molecule has 32 heavy (non-hydrogen) atoms. The largest absolute Gasteiger partial charge is 0.493 e. The number of amides is 1. The first-order chi connectivity index (χ1) is 15.1. The van der Waals surface area contributed by atoms with E-state index in [2.05, 4.69) is 27.8 Å². The van der Waals surface area contributed by atoms with E-state index in [1.807, 2.05) is 55.3 Å². The quantitative estimate of drug-likeness (QED) is 0.254. The van der Waals surface area contributed by atoms with Crippen LogP contribution in [0.25, 0.3) is 0 Å². The fourth-order valence-electron chi connectivity index (χ4n) is 3.10. The van der Waals surface area contributed by atoms with Gasteiger partial charge in [-0.15, -0.1) is 24.0 Å². The van der Waals surface area contributed by atoms with E-state index >= 15 is 0 Å². The van der Waals surface area contributed by atoms with Gasteiger partial charge in [0.05, 0.1) is 14.2 Å². The summed E-state index contributed by atoms with van der Waals surface area (Å²) >= 11 is 0. The van der Waals surface area contributed by atoms with Crippen molar-refractivity contribution in [3.63, 3.8) is 0 Å². The summed E-state index contributed by atoms with van der Waals surface area (Å²) in [6, 6.07) is 16.0. The molecule has 176 valence electrons. The molecule has 0 fully saturated rings. The molecule has 0 atom stereocenters. The topological polar surface area (TPSA) is 75.2 Å². The van der Waals surface area contributed by atoms with Crippen molar-refractivity contribution in [2.45, 2.75) is 19.8 Å². The molecular formula is C24H35IN4O3. The van der Waals surface area contributed by atoms with Crippen molar-refractivity contribution in [1.29, 1.82) is 0 Å². The Balaban J connectivity index is 0.00000512. The Morgan fingerprint density at radius 2 is 1.69 bits per heavy atom. The molecule has 0 saturated carbocycles. The van der Waals surface area contributed by atoms with Crippen LogP contribution in [0.2, 0.25) is 0 Å². The number of aliphatic imine (C=N–C) groups is 1. The predicted molar refractivity (Wildman–Crippen MR) is 140 cm³/mol. The molecule has 2 aromatic rings. The zero-order valence-electron chi connectivity index (χ0n) is 19.4. The predicted octanol–water partition coefficient (Wildman–Crippen LogP) is 3.12. The number of methoxy groups -OCH3 is 2. The van der Waals surface area contributed by atoms with Crippen LogP contribution in [-0.2, 0) is 17.6 Å². The van der Waals surface area contributed by atoms with Gasteiger partial charge in [-0.1, -0.05) is 36.4 Å². The zero-order chi connectivity index (χ0) is 22.5. The lowest BCUT2D eigenvalue weighted by Gasteiger charge is -2.22. The van der Waals surface area contributed by atoms with Gasteiger partial charge in [0.25, 0.3) is 0 Å². The number of halogens is 1. The van der Waals surface area contributed by atoms with E-state index in [4.69, 9.17) is 9.47 Å². The summed E-state index contributed by atoms with van der Waals surface area (Å²) in [5.41, 5.74) is 2.34. The SMILES string of the molecule is CCNC(=NCC(=O)NCCc1ccccc1)N(C)CCc1ccc(OC)c(OC)c1.I. The van der Waals surface area contributed by atoms with Gasteiger partial charge >= 0.3 is 0 Å². The number of nitrogens with one attached hydrogen (secondary N) is 2. The Labute approximate surface area is 208 Å². The standard InChI is InChI=1S/C24H34N4O3.HI/c1-5-25-24(27-18-23(29)26-15-13-19-9-7-6-8-10-19)28(2)16-14-20-11-12-21(30-3)22(17-20)31-4;/h6-12,17H,5,13-16,18H2,1-4H3,(H,25,27)(H,26,29);1H. The molecular weight excluding hydrogens is 519 g/mol. The first-order valence-corrected chi connectivity index (χ1v) is 10.6. The molecule has 1 amide bonds. The van der Waals surface area contributed by atoms with Crippen molar-refractivity contribution < 1.29 is 14.3 Å². The van der Waals surface area contributed by atoms with Gasteiger partial charge in [0.15, 0.2) is 17.5 Å². The van der Waals surface area contributed by atoms with Crippen LogP contribution in [0.15, 0.2) is 53.5 Å². The van der Waals surface area contributed by atoms with Crippen molar-refractivity contribution in [3.05, 3.63) is 59.7 Å². The first-order valence-electron chi connectivity index (χ1n) is 10.6. The van der Waals surface area contributed by atoms with E-state index in [0.717, 1.165) is 37.2 Å². The minimum atomic E-state index is -0.0837. The Kier molecular flexibility index (Phi) is 13.2. The van der Waals surface area contributed by atoms with Gasteiger partial charge in [0.2, 0.25) is 5.91 Å². The molecule has 0 unspecified atom stereocenters. The molecule has 0 spiro atoms. The number of carbonyl (C=O) groups is 1. The van der Waals surface area contributed by atoms with E-state index in [1.165, 1.54) is 5.56 Å². The second kappa shape index (κ2) is 15.3. The van der Waals surface area contributed by atoms with Crippen LogP contribution < -0.4 is 20.1 Å². The minimum absolute atomic E-state index is 0. The van der Waals surface area contributed by atoms with Crippen LogP contribution in [0.3, 0.4) is 0 Å². The van der Waals surface area contributed by atoms with Crippen molar-refractivity contribution in [1.82, 2.24) is 15.5 Å². The van der Waals surface area contributed by atoms with Crippen molar-refractivity contribution >= 4 is 35.8 Å². The normalized spacial score (nSPS) is 10.7. The number of hydrogen-bond acceptors (Lipinski definition) is 4. The summed E-state index contributed by atoms with van der Waals surface area (Å²) in [4.78, 5) is 18.7. The minimum Gasteiger partial charge on any atom is -0.493 e. The average Bonchev–Trinajstić information content (AvgIpc) is 2.80. The summed E-state index contributed by atoms with van der Waals surface area (Å²) in [5.74, 6) is 2.06. The number of ether oxygens (including phenoxy) is 2. The first kappa shape index (κ1) is 27.5. The van der Waals surface area contributed by atoms with E-state index in [9.17, 15) is 4.79 Å². The highest BCUT2D eigenvalue weighted by atomic mass is 127. The molecule has 0 heterocycles. The average molecular weight is 554 g/mol. The van der Waals surface area contributed by atoms with Crippen molar-refractivity contribution in [2.75, 3.05) is 47.4 Å². The molecule has 2 N–H and O–H groups in total. The molecule has 0 aromatic heterocycles. The molecule has 8 heteroatoms. The number of carbonyl (C=O) groups excluding carboxylic acids is 1. The number of likely N-dealkylation sites (N-methyl/N-ethyl adjacent to an activating group) is 1. The molecule has 2 rings (SSSR count). The Hall–Kier alpha value is -2.49. The van der Waals surface area contributed by atoms with Crippen LogP contribution in [0, 0.1) is 0 Å². The highest BCUT2D eigenvalue weighted by Crippen LogP contribution is 2.27. The number of guanidine groups is 1. The van der Waals surface area contributed by atoms with Gasteiger partial charge in [-0.3, -0.25) is 4.79 Å². The molecule has 0 aliphatic carbocycles. The maximum absolute atomic E-state index is 12.2. The highest BCUT2D eigenvalue weighted by Gasteiger charge is 2.09. The molecule has 0 bridgehead atoms. The summed E-state index contributed by atoms with van der Waals surface area (Å²) < 4.78 is 10.7. The van der Waals surface area contributed by atoms with Crippen molar-refractivity contribution in [3.8, 4) is 11.5 Å². The lowest BCUT2D eigenvalue weighted by atomic mass is 10.1. The van der Waals surface area contributed by atoms with Gasteiger partial charge in [0.1, 0.15) is 6.54 Å². The second-order valence-corrected chi connectivity index (χ2v) is 7.12. The lowest BCUT2D eigenvalue weighted by Crippen LogP contribution is -2.41. The summed E-state index contributed by atoms with van der Waals surface area (Å²) in [5, 5.41) is 6.18. The molecule has 7 nitrogen and oxygen atoms in total.